The largest absolute Gasteiger partial charge is 0.482 e. The molecule has 3 aromatic rings. The van der Waals surface area contributed by atoms with E-state index in [1.807, 2.05) is 0 Å². The van der Waals surface area contributed by atoms with Gasteiger partial charge in [0.15, 0.2) is 6.61 Å². The number of carbonyl (C=O) groups excluding carboxylic acids is 4. The molecule has 3 aromatic carbocycles. The molecule has 0 saturated carbocycles. The summed E-state index contributed by atoms with van der Waals surface area (Å²) < 4.78 is 19.1. The second-order valence-corrected chi connectivity index (χ2v) is 9.09. The molecule has 188 valence electrons. The van der Waals surface area contributed by atoms with Gasteiger partial charge in [0.1, 0.15) is 18.1 Å². The van der Waals surface area contributed by atoms with Gasteiger partial charge in [0.25, 0.3) is 17.1 Å². The highest BCUT2D eigenvalue weighted by molar-refractivity contribution is 8.18. The van der Waals surface area contributed by atoms with Gasteiger partial charge in [-0.1, -0.05) is 48.0 Å². The Morgan fingerprint density at radius 3 is 2.43 bits per heavy atom. The van der Waals surface area contributed by atoms with Gasteiger partial charge >= 0.3 is 0 Å². The van der Waals surface area contributed by atoms with Crippen molar-refractivity contribution in [1.82, 2.24) is 4.90 Å². The lowest BCUT2D eigenvalue weighted by molar-refractivity contribution is -0.127. The summed E-state index contributed by atoms with van der Waals surface area (Å²) in [6, 6.07) is 19.0. The first-order chi connectivity index (χ1) is 17.8. The summed E-state index contributed by atoms with van der Waals surface area (Å²) in [7, 11) is 0. The lowest BCUT2D eigenvalue weighted by Gasteiger charge is -2.12. The number of hydrogen-bond donors (Lipinski definition) is 2. The maximum absolute atomic E-state index is 13.7. The van der Waals surface area contributed by atoms with Crippen molar-refractivity contribution < 1.29 is 28.3 Å². The zero-order valence-electron chi connectivity index (χ0n) is 19.1. The molecule has 0 unspecified atom stereocenters. The molecule has 0 bridgehead atoms. The number of imide groups is 1. The smallest absolute Gasteiger partial charge is 0.294 e. The number of nitrogens with one attached hydrogen (secondary N) is 2. The number of anilines is 2. The van der Waals surface area contributed by atoms with Gasteiger partial charge in [0, 0.05) is 5.69 Å². The van der Waals surface area contributed by atoms with Crippen LogP contribution in [0.1, 0.15) is 5.56 Å². The molecule has 0 atom stereocenters. The van der Waals surface area contributed by atoms with Crippen LogP contribution in [0.2, 0.25) is 5.02 Å². The summed E-state index contributed by atoms with van der Waals surface area (Å²) >= 11 is 6.97. The molecule has 0 radical (unpaired) electrons. The molecule has 4 rings (SSSR count). The molecule has 1 saturated heterocycles. The van der Waals surface area contributed by atoms with E-state index in [9.17, 15) is 23.6 Å². The fourth-order valence-electron chi connectivity index (χ4n) is 3.27. The highest BCUT2D eigenvalue weighted by Crippen LogP contribution is 2.33. The van der Waals surface area contributed by atoms with E-state index in [1.165, 1.54) is 36.4 Å². The van der Waals surface area contributed by atoms with E-state index in [-0.39, 0.29) is 21.4 Å². The van der Waals surface area contributed by atoms with Gasteiger partial charge in [-0.25, -0.2) is 4.39 Å². The van der Waals surface area contributed by atoms with Gasteiger partial charge < -0.3 is 15.4 Å². The SMILES string of the molecule is O=C(CN1C(=O)S/C(=C\c2ccc(OCC(=O)Nc3ccccc3F)c(Cl)c2)C1=O)Nc1ccccc1. The molecule has 8 nitrogen and oxygen atoms in total. The summed E-state index contributed by atoms with van der Waals surface area (Å²) in [6.45, 7) is -0.823. The Morgan fingerprint density at radius 2 is 1.70 bits per heavy atom. The first kappa shape index (κ1) is 25.9. The van der Waals surface area contributed by atoms with E-state index >= 15 is 0 Å². The molecule has 1 aliphatic heterocycles. The van der Waals surface area contributed by atoms with Gasteiger partial charge in [-0.15, -0.1) is 0 Å². The highest BCUT2D eigenvalue weighted by atomic mass is 35.5. The highest BCUT2D eigenvalue weighted by Gasteiger charge is 2.36. The van der Waals surface area contributed by atoms with Crippen LogP contribution in [0.4, 0.5) is 20.6 Å². The van der Waals surface area contributed by atoms with Crippen molar-refractivity contribution in [2.45, 2.75) is 0 Å². The minimum atomic E-state index is -0.598. The summed E-state index contributed by atoms with van der Waals surface area (Å²) in [5.74, 6) is -2.04. The zero-order chi connectivity index (χ0) is 26.4. The molecule has 4 amide bonds. The van der Waals surface area contributed by atoms with Crippen LogP contribution in [0.25, 0.3) is 6.08 Å². The third kappa shape index (κ3) is 6.75. The Kier molecular flexibility index (Phi) is 8.22. The molecule has 0 spiro atoms. The van der Waals surface area contributed by atoms with Crippen LogP contribution in [-0.2, 0) is 14.4 Å². The predicted molar refractivity (Wildman–Crippen MR) is 140 cm³/mol. The number of carbonyl (C=O) groups is 4. The molecule has 0 aliphatic carbocycles. The number of benzene rings is 3. The quantitative estimate of drug-likeness (QED) is 0.383. The van der Waals surface area contributed by atoms with E-state index in [2.05, 4.69) is 10.6 Å². The predicted octanol–water partition coefficient (Wildman–Crippen LogP) is 5.17. The fraction of sp³-hybridized carbons (Fsp3) is 0.0769. The topological polar surface area (TPSA) is 105 Å². The van der Waals surface area contributed by atoms with Crippen molar-refractivity contribution in [3.8, 4) is 5.75 Å². The van der Waals surface area contributed by atoms with E-state index in [4.69, 9.17) is 16.3 Å². The van der Waals surface area contributed by atoms with Crippen molar-refractivity contribution in [3.63, 3.8) is 0 Å². The minimum Gasteiger partial charge on any atom is -0.482 e. The molecule has 37 heavy (non-hydrogen) atoms. The lowest BCUT2D eigenvalue weighted by atomic mass is 10.2. The summed E-state index contributed by atoms with van der Waals surface area (Å²) in [4.78, 5) is 50.4. The molecule has 1 heterocycles. The Bertz CT molecular complexity index is 1400. The first-order valence-corrected chi connectivity index (χ1v) is 12.1. The number of nitrogens with zero attached hydrogens (tertiary/aromatic N) is 1. The Hall–Kier alpha value is -4.15. The van der Waals surface area contributed by atoms with Crippen LogP contribution in [0.5, 0.6) is 5.75 Å². The molecular formula is C26H19ClFN3O5S. The van der Waals surface area contributed by atoms with Gasteiger partial charge in [-0.2, -0.15) is 0 Å². The number of amides is 4. The van der Waals surface area contributed by atoms with Crippen LogP contribution < -0.4 is 15.4 Å². The number of halogens is 2. The minimum absolute atomic E-state index is 0.0315. The summed E-state index contributed by atoms with van der Waals surface area (Å²) in [6.07, 6.45) is 1.47. The van der Waals surface area contributed by atoms with Crippen LogP contribution in [0.15, 0.2) is 77.7 Å². The van der Waals surface area contributed by atoms with E-state index in [0.717, 1.165) is 4.90 Å². The third-order valence-corrected chi connectivity index (χ3v) is 6.20. The molecule has 11 heteroatoms. The van der Waals surface area contributed by atoms with Crippen molar-refractivity contribution in [1.29, 1.82) is 0 Å². The van der Waals surface area contributed by atoms with Crippen molar-refractivity contribution >= 4 is 63.8 Å². The lowest BCUT2D eigenvalue weighted by Crippen LogP contribution is -2.36. The van der Waals surface area contributed by atoms with Gasteiger partial charge in [0.05, 0.1) is 15.6 Å². The van der Waals surface area contributed by atoms with Crippen molar-refractivity contribution in [2.75, 3.05) is 23.8 Å². The van der Waals surface area contributed by atoms with Crippen LogP contribution in [-0.4, -0.2) is 41.0 Å². The standard InChI is InChI=1S/C26H19ClFN3O5S/c27-18-12-16(10-11-21(18)36-15-24(33)30-20-9-5-4-8-19(20)28)13-22-25(34)31(26(35)37-22)14-23(32)29-17-6-2-1-3-7-17/h1-13H,14-15H2,(H,29,32)(H,30,33)/b22-13-. The van der Waals surface area contributed by atoms with Crippen LogP contribution in [0.3, 0.4) is 0 Å². The Labute approximate surface area is 220 Å². The maximum atomic E-state index is 13.7. The van der Waals surface area contributed by atoms with Gasteiger partial charge in [-0.3, -0.25) is 24.1 Å². The third-order valence-electron chi connectivity index (χ3n) is 4.99. The number of para-hydroxylation sites is 2. The Morgan fingerprint density at radius 1 is 0.973 bits per heavy atom. The van der Waals surface area contributed by atoms with E-state index < -0.39 is 41.9 Å². The zero-order valence-corrected chi connectivity index (χ0v) is 20.6. The fourth-order valence-corrected chi connectivity index (χ4v) is 4.35. The maximum Gasteiger partial charge on any atom is 0.294 e. The van der Waals surface area contributed by atoms with Crippen LogP contribution >= 0.6 is 23.4 Å². The van der Waals surface area contributed by atoms with Crippen LogP contribution in [0, 0.1) is 5.82 Å². The monoisotopic (exact) mass is 539 g/mol. The molecular weight excluding hydrogens is 521 g/mol. The second-order valence-electron chi connectivity index (χ2n) is 7.69. The average Bonchev–Trinajstić information content (AvgIpc) is 3.12. The van der Waals surface area contributed by atoms with E-state index in [0.29, 0.717) is 23.0 Å². The van der Waals surface area contributed by atoms with Gasteiger partial charge in [0.2, 0.25) is 5.91 Å². The number of ether oxygens (including phenoxy) is 1. The Balaban J connectivity index is 1.35. The molecule has 1 aliphatic rings. The van der Waals surface area contributed by atoms with Crippen molar-refractivity contribution in [2.24, 2.45) is 0 Å². The molecule has 2 N–H and O–H groups in total. The normalized spacial score (nSPS) is 14.1. The molecule has 1 fully saturated rings. The number of thioether (sulfide) groups is 1. The summed E-state index contributed by atoms with van der Waals surface area (Å²) in [5.41, 5.74) is 1.09. The number of hydrogen-bond acceptors (Lipinski definition) is 6. The van der Waals surface area contributed by atoms with E-state index in [1.54, 1.807) is 42.5 Å². The summed E-state index contributed by atoms with van der Waals surface area (Å²) in [5, 5.41) is 4.63. The average molecular weight is 540 g/mol. The molecule has 0 aromatic heterocycles. The van der Waals surface area contributed by atoms with Crippen molar-refractivity contribution in [3.05, 3.63) is 94.1 Å². The van der Waals surface area contributed by atoms with Gasteiger partial charge in [-0.05, 0) is 59.8 Å². The first-order valence-electron chi connectivity index (χ1n) is 10.9. The number of rotatable bonds is 8. The second kappa shape index (κ2) is 11.7.